The molecule has 0 radical (unpaired) electrons. The molecule has 130 valence electrons. The number of halogens is 2. The molecule has 1 aromatic rings. The van der Waals surface area contributed by atoms with Gasteiger partial charge in [0.15, 0.2) is 5.96 Å². The number of aliphatic imine (C=N–C) groups is 1. The van der Waals surface area contributed by atoms with Crippen molar-refractivity contribution in [2.75, 3.05) is 25.4 Å². The SMILES string of the molecule is CCNC(=NCc1cc(F)ccc1F)NCCNS(=O)(=O)CC. The molecule has 0 aliphatic heterocycles. The Labute approximate surface area is 135 Å². The summed E-state index contributed by atoms with van der Waals surface area (Å²) in [5.74, 6) is -0.642. The topological polar surface area (TPSA) is 82.6 Å². The molecule has 0 atom stereocenters. The van der Waals surface area contributed by atoms with Crippen molar-refractivity contribution in [1.82, 2.24) is 15.4 Å². The molecule has 1 aromatic carbocycles. The van der Waals surface area contributed by atoms with Crippen LogP contribution in [0.1, 0.15) is 19.4 Å². The molecule has 6 nitrogen and oxygen atoms in total. The van der Waals surface area contributed by atoms with Crippen LogP contribution in [0.2, 0.25) is 0 Å². The van der Waals surface area contributed by atoms with Gasteiger partial charge in [-0.1, -0.05) is 0 Å². The second-order valence-corrected chi connectivity index (χ2v) is 6.75. The Bertz CT molecular complexity index is 636. The number of nitrogens with zero attached hydrogens (tertiary/aromatic N) is 1. The van der Waals surface area contributed by atoms with Gasteiger partial charge in [0, 0.05) is 25.2 Å². The summed E-state index contributed by atoms with van der Waals surface area (Å²) in [6.07, 6.45) is 0. The Morgan fingerprint density at radius 2 is 1.91 bits per heavy atom. The number of sulfonamides is 1. The number of rotatable bonds is 8. The van der Waals surface area contributed by atoms with E-state index in [0.717, 1.165) is 18.2 Å². The Morgan fingerprint density at radius 1 is 1.17 bits per heavy atom. The van der Waals surface area contributed by atoms with Crippen LogP contribution >= 0.6 is 0 Å². The summed E-state index contributed by atoms with van der Waals surface area (Å²) in [6.45, 7) is 4.48. The predicted octanol–water partition coefficient (Wildman–Crippen LogP) is 0.959. The fraction of sp³-hybridized carbons (Fsp3) is 0.500. The largest absolute Gasteiger partial charge is 0.357 e. The van der Waals surface area contributed by atoms with Crippen LogP contribution in [0.3, 0.4) is 0 Å². The highest BCUT2D eigenvalue weighted by atomic mass is 32.2. The second kappa shape index (κ2) is 9.41. The molecule has 23 heavy (non-hydrogen) atoms. The first kappa shape index (κ1) is 19.3. The van der Waals surface area contributed by atoms with Crippen LogP contribution in [0.25, 0.3) is 0 Å². The Morgan fingerprint density at radius 3 is 2.57 bits per heavy atom. The predicted molar refractivity (Wildman–Crippen MR) is 86.6 cm³/mol. The van der Waals surface area contributed by atoms with Crippen molar-refractivity contribution in [3.05, 3.63) is 35.4 Å². The van der Waals surface area contributed by atoms with E-state index in [4.69, 9.17) is 0 Å². The van der Waals surface area contributed by atoms with E-state index in [0.29, 0.717) is 19.0 Å². The highest BCUT2D eigenvalue weighted by Gasteiger charge is 2.06. The third-order valence-corrected chi connectivity index (χ3v) is 4.28. The average molecular weight is 348 g/mol. The maximum atomic E-state index is 13.5. The smallest absolute Gasteiger partial charge is 0.211 e. The molecular weight excluding hydrogens is 326 g/mol. The minimum atomic E-state index is -3.24. The van der Waals surface area contributed by atoms with Crippen molar-refractivity contribution < 1.29 is 17.2 Å². The third-order valence-electron chi connectivity index (χ3n) is 2.88. The van der Waals surface area contributed by atoms with Gasteiger partial charge in [-0.25, -0.2) is 26.9 Å². The summed E-state index contributed by atoms with van der Waals surface area (Å²) in [6, 6.07) is 3.20. The first-order valence-electron chi connectivity index (χ1n) is 7.31. The van der Waals surface area contributed by atoms with Crippen molar-refractivity contribution in [3.63, 3.8) is 0 Å². The maximum absolute atomic E-state index is 13.5. The lowest BCUT2D eigenvalue weighted by Gasteiger charge is -2.12. The summed E-state index contributed by atoms with van der Waals surface area (Å²) in [7, 11) is -3.24. The fourth-order valence-electron chi connectivity index (χ4n) is 1.66. The quantitative estimate of drug-likeness (QED) is 0.371. The average Bonchev–Trinajstić information content (AvgIpc) is 2.52. The molecule has 0 bridgehead atoms. The molecule has 0 fully saturated rings. The zero-order chi connectivity index (χ0) is 17.3. The van der Waals surface area contributed by atoms with E-state index in [-0.39, 0.29) is 24.4 Å². The zero-order valence-electron chi connectivity index (χ0n) is 13.2. The van der Waals surface area contributed by atoms with Crippen LogP contribution in [0.15, 0.2) is 23.2 Å². The fourth-order valence-corrected chi connectivity index (χ4v) is 2.28. The Kier molecular flexibility index (Phi) is 7.90. The summed E-state index contributed by atoms with van der Waals surface area (Å²) in [4.78, 5) is 4.15. The Hall–Kier alpha value is -1.74. The molecule has 0 aromatic heterocycles. The van der Waals surface area contributed by atoms with Crippen molar-refractivity contribution in [1.29, 1.82) is 0 Å². The first-order valence-corrected chi connectivity index (χ1v) is 8.96. The third kappa shape index (κ3) is 7.38. The van der Waals surface area contributed by atoms with Crippen molar-refractivity contribution in [3.8, 4) is 0 Å². The van der Waals surface area contributed by atoms with Crippen LogP contribution < -0.4 is 15.4 Å². The molecule has 0 unspecified atom stereocenters. The number of nitrogens with one attached hydrogen (secondary N) is 3. The van der Waals surface area contributed by atoms with E-state index in [1.54, 1.807) is 6.92 Å². The maximum Gasteiger partial charge on any atom is 0.211 e. The van der Waals surface area contributed by atoms with Gasteiger partial charge in [0.2, 0.25) is 10.0 Å². The lowest BCUT2D eigenvalue weighted by Crippen LogP contribution is -2.41. The molecule has 1 rings (SSSR count). The monoisotopic (exact) mass is 348 g/mol. The molecule has 0 heterocycles. The molecular formula is C14H22F2N4O2S. The molecule has 0 saturated carbocycles. The first-order chi connectivity index (χ1) is 10.9. The molecule has 9 heteroatoms. The van der Waals surface area contributed by atoms with Crippen LogP contribution in [0.4, 0.5) is 8.78 Å². The van der Waals surface area contributed by atoms with Gasteiger partial charge < -0.3 is 10.6 Å². The van der Waals surface area contributed by atoms with Gasteiger partial charge in [0.05, 0.1) is 12.3 Å². The van der Waals surface area contributed by atoms with E-state index >= 15 is 0 Å². The van der Waals surface area contributed by atoms with Gasteiger partial charge in [-0.05, 0) is 32.0 Å². The molecule has 0 spiro atoms. The number of hydrogen-bond acceptors (Lipinski definition) is 3. The zero-order valence-corrected chi connectivity index (χ0v) is 14.0. The molecule has 3 N–H and O–H groups in total. The van der Waals surface area contributed by atoms with Gasteiger partial charge >= 0.3 is 0 Å². The van der Waals surface area contributed by atoms with Gasteiger partial charge in [0.1, 0.15) is 11.6 Å². The highest BCUT2D eigenvalue weighted by molar-refractivity contribution is 7.89. The minimum Gasteiger partial charge on any atom is -0.357 e. The van der Waals surface area contributed by atoms with Crippen LogP contribution in [0.5, 0.6) is 0 Å². The van der Waals surface area contributed by atoms with Crippen molar-refractivity contribution >= 4 is 16.0 Å². The van der Waals surface area contributed by atoms with Crippen LogP contribution in [-0.4, -0.2) is 39.8 Å². The molecule has 0 aliphatic rings. The van der Waals surface area contributed by atoms with E-state index in [1.165, 1.54) is 0 Å². The number of guanidine groups is 1. The molecule has 0 amide bonds. The van der Waals surface area contributed by atoms with Gasteiger partial charge in [-0.3, -0.25) is 0 Å². The van der Waals surface area contributed by atoms with Gasteiger partial charge in [-0.15, -0.1) is 0 Å². The summed E-state index contributed by atoms with van der Waals surface area (Å²) in [5, 5.41) is 5.86. The van der Waals surface area contributed by atoms with Gasteiger partial charge in [0.25, 0.3) is 0 Å². The summed E-state index contributed by atoms with van der Waals surface area (Å²) in [5.41, 5.74) is 0.147. The normalized spacial score (nSPS) is 12.3. The summed E-state index contributed by atoms with van der Waals surface area (Å²) < 4.78 is 51.6. The number of hydrogen-bond donors (Lipinski definition) is 3. The number of benzene rings is 1. The van der Waals surface area contributed by atoms with Crippen molar-refractivity contribution in [2.24, 2.45) is 4.99 Å². The van der Waals surface area contributed by atoms with E-state index < -0.39 is 21.7 Å². The summed E-state index contributed by atoms with van der Waals surface area (Å²) >= 11 is 0. The van der Waals surface area contributed by atoms with E-state index in [2.05, 4.69) is 20.3 Å². The molecule has 0 aliphatic carbocycles. The standard InChI is InChI=1S/C14H22F2N4O2S/c1-3-17-14(18-7-8-20-23(21,22)4-2)19-10-11-9-12(15)5-6-13(11)16/h5-6,9,20H,3-4,7-8,10H2,1-2H3,(H2,17,18,19). The lowest BCUT2D eigenvalue weighted by molar-refractivity contribution is 0.581. The van der Waals surface area contributed by atoms with Crippen LogP contribution in [0, 0.1) is 11.6 Å². The van der Waals surface area contributed by atoms with Crippen LogP contribution in [-0.2, 0) is 16.6 Å². The minimum absolute atomic E-state index is 0.0139. The van der Waals surface area contributed by atoms with Crippen molar-refractivity contribution in [2.45, 2.75) is 20.4 Å². The lowest BCUT2D eigenvalue weighted by atomic mass is 10.2. The van der Waals surface area contributed by atoms with Gasteiger partial charge in [-0.2, -0.15) is 0 Å². The second-order valence-electron chi connectivity index (χ2n) is 4.66. The van der Waals surface area contributed by atoms with E-state index in [1.807, 2.05) is 6.92 Å². The Balaban J connectivity index is 2.58. The highest BCUT2D eigenvalue weighted by Crippen LogP contribution is 2.10. The molecule has 0 saturated heterocycles. The van der Waals surface area contributed by atoms with E-state index in [9.17, 15) is 17.2 Å².